The van der Waals surface area contributed by atoms with Crippen LogP contribution in [0.25, 0.3) is 10.9 Å². The summed E-state index contributed by atoms with van der Waals surface area (Å²) in [6, 6.07) is 7.10. The second-order valence-corrected chi connectivity index (χ2v) is 7.38. The molecule has 3 rings (SSSR count). The fourth-order valence-electron chi connectivity index (χ4n) is 3.98. The fourth-order valence-corrected chi connectivity index (χ4v) is 3.98. The summed E-state index contributed by atoms with van der Waals surface area (Å²) < 4.78 is 2.59. The van der Waals surface area contributed by atoms with Crippen LogP contribution in [-0.2, 0) is 17.9 Å². The summed E-state index contributed by atoms with van der Waals surface area (Å²) in [4.78, 5) is 37.8. The third kappa shape index (κ3) is 3.32. The largest absolute Gasteiger partial charge is 0.352 e. The Hall–Kier alpha value is -2.37. The van der Waals surface area contributed by atoms with Crippen molar-refractivity contribution in [3.63, 3.8) is 0 Å². The molecule has 26 heavy (non-hydrogen) atoms. The van der Waals surface area contributed by atoms with Gasteiger partial charge in [0.15, 0.2) is 0 Å². The van der Waals surface area contributed by atoms with E-state index in [1.165, 1.54) is 15.6 Å². The third-order valence-corrected chi connectivity index (χ3v) is 5.80. The van der Waals surface area contributed by atoms with Crippen molar-refractivity contribution in [1.29, 1.82) is 0 Å². The van der Waals surface area contributed by atoms with E-state index in [0.717, 1.165) is 12.8 Å². The highest BCUT2D eigenvalue weighted by atomic mass is 16.2. The van der Waals surface area contributed by atoms with Crippen LogP contribution in [0.4, 0.5) is 0 Å². The van der Waals surface area contributed by atoms with Crippen molar-refractivity contribution in [2.45, 2.75) is 59.2 Å². The first-order chi connectivity index (χ1) is 12.4. The van der Waals surface area contributed by atoms with E-state index in [-0.39, 0.29) is 30.6 Å². The zero-order chi connectivity index (χ0) is 18.8. The van der Waals surface area contributed by atoms with Crippen molar-refractivity contribution in [3.05, 3.63) is 45.1 Å². The maximum Gasteiger partial charge on any atom is 0.331 e. The molecule has 6 heteroatoms. The molecule has 6 nitrogen and oxygen atoms in total. The van der Waals surface area contributed by atoms with Crippen molar-refractivity contribution in [2.24, 2.45) is 11.8 Å². The Bertz CT molecular complexity index is 928. The number of hydrogen-bond donors (Lipinski definition) is 1. The minimum absolute atomic E-state index is 0.0722. The second-order valence-electron chi connectivity index (χ2n) is 7.38. The summed E-state index contributed by atoms with van der Waals surface area (Å²) in [6.07, 6.45) is 3.28. The van der Waals surface area contributed by atoms with Crippen molar-refractivity contribution in [3.8, 4) is 0 Å². The molecule has 0 spiro atoms. The van der Waals surface area contributed by atoms with Gasteiger partial charge >= 0.3 is 5.69 Å². The molecule has 0 aliphatic heterocycles. The fraction of sp³-hybridized carbons (Fsp3) is 0.550. The molecule has 140 valence electrons. The van der Waals surface area contributed by atoms with Gasteiger partial charge in [0.1, 0.15) is 6.54 Å². The lowest BCUT2D eigenvalue weighted by molar-refractivity contribution is -0.123. The summed E-state index contributed by atoms with van der Waals surface area (Å²) in [5.74, 6) is 0.829. The van der Waals surface area contributed by atoms with E-state index in [4.69, 9.17) is 0 Å². The molecule has 1 heterocycles. The number of rotatable bonds is 4. The number of nitrogens with zero attached hydrogens (tertiary/aromatic N) is 2. The molecule has 1 N–H and O–H groups in total. The number of amides is 1. The number of hydrogen-bond acceptors (Lipinski definition) is 3. The molecule has 0 unspecified atom stereocenters. The van der Waals surface area contributed by atoms with E-state index in [1.54, 1.807) is 31.2 Å². The molecule has 2 aromatic rings. The maximum absolute atomic E-state index is 12.7. The zero-order valence-electron chi connectivity index (χ0n) is 15.7. The number of benzene rings is 1. The average molecular weight is 357 g/mol. The van der Waals surface area contributed by atoms with E-state index in [9.17, 15) is 14.4 Å². The van der Waals surface area contributed by atoms with Crippen LogP contribution in [0.2, 0.25) is 0 Å². The highest BCUT2D eigenvalue weighted by Gasteiger charge is 2.28. The number of nitrogens with one attached hydrogen (secondary N) is 1. The van der Waals surface area contributed by atoms with Gasteiger partial charge in [-0.25, -0.2) is 4.79 Å². The van der Waals surface area contributed by atoms with Crippen LogP contribution in [-0.4, -0.2) is 21.1 Å². The van der Waals surface area contributed by atoms with Crippen molar-refractivity contribution in [2.75, 3.05) is 0 Å². The zero-order valence-corrected chi connectivity index (χ0v) is 15.7. The lowest BCUT2D eigenvalue weighted by atomic mass is 9.78. The topological polar surface area (TPSA) is 73.1 Å². The van der Waals surface area contributed by atoms with Gasteiger partial charge in [-0.05, 0) is 37.3 Å². The summed E-state index contributed by atoms with van der Waals surface area (Å²) >= 11 is 0. The third-order valence-electron chi connectivity index (χ3n) is 5.80. The second kappa shape index (κ2) is 7.48. The molecule has 1 fully saturated rings. The number of carbonyl (C=O) groups excluding carboxylic acids is 1. The van der Waals surface area contributed by atoms with Crippen LogP contribution in [0.15, 0.2) is 33.9 Å². The van der Waals surface area contributed by atoms with Gasteiger partial charge in [0, 0.05) is 12.6 Å². The van der Waals surface area contributed by atoms with E-state index >= 15 is 0 Å². The molecule has 1 aromatic carbocycles. The van der Waals surface area contributed by atoms with Crippen molar-refractivity contribution in [1.82, 2.24) is 14.5 Å². The summed E-state index contributed by atoms with van der Waals surface area (Å²) in [7, 11) is 0. The Labute approximate surface area is 152 Å². The lowest BCUT2D eigenvalue weighted by Crippen LogP contribution is -2.47. The first kappa shape index (κ1) is 18.4. The Balaban J connectivity index is 1.92. The molecular weight excluding hydrogens is 330 g/mol. The molecule has 0 saturated heterocycles. The van der Waals surface area contributed by atoms with E-state index in [1.807, 2.05) is 0 Å². The maximum atomic E-state index is 12.7. The lowest BCUT2D eigenvalue weighted by Gasteiger charge is -2.34. The van der Waals surface area contributed by atoms with Gasteiger partial charge in [-0.15, -0.1) is 0 Å². The van der Waals surface area contributed by atoms with Gasteiger partial charge in [0.2, 0.25) is 5.91 Å². The first-order valence-electron chi connectivity index (χ1n) is 9.45. The predicted molar refractivity (Wildman–Crippen MR) is 102 cm³/mol. The van der Waals surface area contributed by atoms with Gasteiger partial charge in [-0.3, -0.25) is 18.7 Å². The van der Waals surface area contributed by atoms with Gasteiger partial charge in [-0.2, -0.15) is 0 Å². The monoisotopic (exact) mass is 357 g/mol. The van der Waals surface area contributed by atoms with E-state index < -0.39 is 5.69 Å². The van der Waals surface area contributed by atoms with E-state index in [0.29, 0.717) is 22.7 Å². The van der Waals surface area contributed by atoms with Crippen molar-refractivity contribution >= 4 is 16.8 Å². The molecule has 1 saturated carbocycles. The Kier molecular flexibility index (Phi) is 5.30. The molecule has 1 amide bonds. The number of para-hydroxylation sites is 1. The SMILES string of the molecule is CCn1c(=O)c2ccccc2n(CC(=O)N[C@@H]2CCC[C@H](C)[C@@H]2C)c1=O. The quantitative estimate of drug-likeness (QED) is 0.911. The molecule has 3 atom stereocenters. The predicted octanol–water partition coefficient (Wildman–Crippen LogP) is 2.12. The first-order valence-corrected chi connectivity index (χ1v) is 9.45. The van der Waals surface area contributed by atoms with E-state index in [2.05, 4.69) is 19.2 Å². The Morgan fingerprint density at radius 1 is 1.15 bits per heavy atom. The highest BCUT2D eigenvalue weighted by Crippen LogP contribution is 2.29. The summed E-state index contributed by atoms with van der Waals surface area (Å²) in [5, 5.41) is 3.57. The average Bonchev–Trinajstić information content (AvgIpc) is 2.63. The normalized spacial score (nSPS) is 23.1. The number of fused-ring (bicyclic) bond motifs is 1. The standard InChI is InChI=1S/C20H27N3O3/c1-4-22-19(25)15-9-5-6-11-17(15)23(20(22)26)12-18(24)21-16-10-7-8-13(2)14(16)3/h5-6,9,11,13-14,16H,4,7-8,10,12H2,1-3H3,(H,21,24)/t13-,14-,16+/m0/s1. The minimum atomic E-state index is -0.434. The van der Waals surface area contributed by atoms with Gasteiger partial charge < -0.3 is 5.32 Å². The van der Waals surface area contributed by atoms with Crippen LogP contribution in [0, 0.1) is 11.8 Å². The highest BCUT2D eigenvalue weighted by molar-refractivity contribution is 5.81. The Morgan fingerprint density at radius 2 is 1.88 bits per heavy atom. The van der Waals surface area contributed by atoms with Crippen LogP contribution in [0.1, 0.15) is 40.0 Å². The van der Waals surface area contributed by atoms with Gasteiger partial charge in [0.05, 0.1) is 10.9 Å². The Morgan fingerprint density at radius 3 is 2.62 bits per heavy atom. The van der Waals surface area contributed by atoms with Crippen LogP contribution >= 0.6 is 0 Å². The minimum Gasteiger partial charge on any atom is -0.352 e. The number of carbonyl (C=O) groups is 1. The number of aromatic nitrogens is 2. The summed E-state index contributed by atoms with van der Waals surface area (Å²) in [5.41, 5.74) is -0.233. The van der Waals surface area contributed by atoms with Crippen LogP contribution in [0.5, 0.6) is 0 Å². The molecule has 0 radical (unpaired) electrons. The smallest absolute Gasteiger partial charge is 0.331 e. The van der Waals surface area contributed by atoms with Crippen LogP contribution < -0.4 is 16.6 Å². The van der Waals surface area contributed by atoms with Crippen LogP contribution in [0.3, 0.4) is 0 Å². The molecule has 0 bridgehead atoms. The molecular formula is C20H27N3O3. The van der Waals surface area contributed by atoms with Gasteiger partial charge in [0.25, 0.3) is 5.56 Å². The summed E-state index contributed by atoms with van der Waals surface area (Å²) in [6.45, 7) is 6.36. The molecule has 1 aliphatic carbocycles. The molecule has 1 aromatic heterocycles. The molecule has 1 aliphatic rings. The van der Waals surface area contributed by atoms with Crippen molar-refractivity contribution < 1.29 is 4.79 Å². The van der Waals surface area contributed by atoms with Gasteiger partial charge in [-0.1, -0.05) is 38.8 Å².